The molecule has 0 aliphatic rings. The van der Waals surface area contributed by atoms with E-state index in [0.29, 0.717) is 6.04 Å². The van der Waals surface area contributed by atoms with Crippen LogP contribution in [0.5, 0.6) is 5.75 Å². The van der Waals surface area contributed by atoms with Crippen molar-refractivity contribution in [2.75, 3.05) is 20.3 Å². The third-order valence-corrected chi connectivity index (χ3v) is 3.34. The average Bonchev–Trinajstić information content (AvgIpc) is 2.50. The molecule has 0 amide bonds. The van der Waals surface area contributed by atoms with Gasteiger partial charge in [0.25, 0.3) is 0 Å². The van der Waals surface area contributed by atoms with E-state index in [-0.39, 0.29) is 0 Å². The van der Waals surface area contributed by atoms with Crippen molar-refractivity contribution in [3.63, 3.8) is 0 Å². The van der Waals surface area contributed by atoms with Gasteiger partial charge < -0.3 is 14.8 Å². The monoisotopic (exact) mass is 273 g/mol. The molecule has 0 saturated carbocycles. The number of nitrogens with one attached hydrogen (secondary N) is 1. The van der Waals surface area contributed by atoms with Crippen LogP contribution >= 0.6 is 0 Å². The van der Waals surface area contributed by atoms with Gasteiger partial charge in [-0.15, -0.1) is 0 Å². The van der Waals surface area contributed by atoms with E-state index >= 15 is 0 Å². The minimum Gasteiger partial charge on any atom is -0.497 e. The van der Waals surface area contributed by atoms with Gasteiger partial charge in [-0.3, -0.25) is 0 Å². The van der Waals surface area contributed by atoms with Crippen molar-refractivity contribution in [1.29, 1.82) is 0 Å². The van der Waals surface area contributed by atoms with Crippen molar-refractivity contribution < 1.29 is 9.47 Å². The van der Waals surface area contributed by atoms with Crippen LogP contribution in [0.1, 0.15) is 19.4 Å². The van der Waals surface area contributed by atoms with E-state index in [2.05, 4.69) is 42.6 Å². The molecule has 1 atom stereocenters. The highest BCUT2D eigenvalue weighted by Crippen LogP contribution is 2.21. The third kappa shape index (κ3) is 3.95. The summed E-state index contributed by atoms with van der Waals surface area (Å²) in [5.41, 5.74) is 1.28. The second-order valence-electron chi connectivity index (χ2n) is 4.99. The van der Waals surface area contributed by atoms with E-state index in [0.717, 1.165) is 25.5 Å². The van der Waals surface area contributed by atoms with Crippen LogP contribution in [0.3, 0.4) is 0 Å². The quantitative estimate of drug-likeness (QED) is 0.839. The lowest BCUT2D eigenvalue weighted by Gasteiger charge is -2.14. The Balaban J connectivity index is 2.01. The fourth-order valence-corrected chi connectivity index (χ4v) is 2.16. The number of fused-ring (bicyclic) bond motifs is 1. The second-order valence-corrected chi connectivity index (χ2v) is 4.99. The Labute approximate surface area is 120 Å². The highest BCUT2D eigenvalue weighted by molar-refractivity contribution is 5.84. The topological polar surface area (TPSA) is 30.5 Å². The molecular formula is C17H23NO2. The normalized spacial score (nSPS) is 12.6. The van der Waals surface area contributed by atoms with Gasteiger partial charge in [0.1, 0.15) is 5.75 Å². The molecule has 3 nitrogen and oxygen atoms in total. The molecule has 0 aliphatic carbocycles. The third-order valence-electron chi connectivity index (χ3n) is 3.34. The van der Waals surface area contributed by atoms with Crippen LogP contribution in [-0.2, 0) is 11.3 Å². The maximum absolute atomic E-state index is 5.40. The summed E-state index contributed by atoms with van der Waals surface area (Å²) >= 11 is 0. The molecule has 20 heavy (non-hydrogen) atoms. The van der Waals surface area contributed by atoms with Gasteiger partial charge in [-0.1, -0.05) is 18.2 Å². The van der Waals surface area contributed by atoms with Crippen LogP contribution in [0.25, 0.3) is 10.8 Å². The fraction of sp³-hybridized carbons (Fsp3) is 0.412. The van der Waals surface area contributed by atoms with Gasteiger partial charge in [0.2, 0.25) is 0 Å². The molecule has 2 rings (SSSR count). The maximum Gasteiger partial charge on any atom is 0.119 e. The first-order valence-electron chi connectivity index (χ1n) is 7.10. The Morgan fingerprint density at radius 3 is 2.60 bits per heavy atom. The van der Waals surface area contributed by atoms with Crippen molar-refractivity contribution in [2.45, 2.75) is 26.4 Å². The van der Waals surface area contributed by atoms with Gasteiger partial charge in [0.15, 0.2) is 0 Å². The van der Waals surface area contributed by atoms with Crippen molar-refractivity contribution in [3.05, 3.63) is 42.0 Å². The summed E-state index contributed by atoms with van der Waals surface area (Å²) in [6.07, 6.45) is 0. The molecule has 0 heterocycles. The summed E-state index contributed by atoms with van der Waals surface area (Å²) in [4.78, 5) is 0. The zero-order chi connectivity index (χ0) is 14.4. The first-order valence-corrected chi connectivity index (χ1v) is 7.10. The predicted octanol–water partition coefficient (Wildman–Crippen LogP) is 3.36. The van der Waals surface area contributed by atoms with E-state index < -0.39 is 0 Å². The number of hydrogen-bond donors (Lipinski definition) is 1. The van der Waals surface area contributed by atoms with E-state index in [1.165, 1.54) is 16.3 Å². The molecule has 0 spiro atoms. The summed E-state index contributed by atoms with van der Waals surface area (Å²) in [5.74, 6) is 0.897. The molecule has 0 saturated heterocycles. The molecule has 0 aliphatic heterocycles. The molecule has 108 valence electrons. The second kappa shape index (κ2) is 7.27. The molecule has 0 bridgehead atoms. The summed E-state index contributed by atoms with van der Waals surface area (Å²) < 4.78 is 10.6. The highest BCUT2D eigenvalue weighted by Gasteiger charge is 2.02. The van der Waals surface area contributed by atoms with Gasteiger partial charge in [-0.05, 0) is 48.4 Å². The standard InChI is InChI=1S/C17H23NO2/c1-4-20-12-13(2)18-11-14-5-6-16-10-17(19-3)8-7-15(16)9-14/h5-10,13,18H,4,11-12H2,1-3H3. The van der Waals surface area contributed by atoms with E-state index in [4.69, 9.17) is 9.47 Å². The van der Waals surface area contributed by atoms with Crippen LogP contribution in [0.4, 0.5) is 0 Å². The number of methoxy groups -OCH3 is 1. The Bertz CT molecular complexity index is 554. The molecule has 0 aromatic heterocycles. The van der Waals surface area contributed by atoms with Gasteiger partial charge in [-0.2, -0.15) is 0 Å². The van der Waals surface area contributed by atoms with Gasteiger partial charge in [0, 0.05) is 19.2 Å². The summed E-state index contributed by atoms with van der Waals surface area (Å²) in [7, 11) is 1.69. The summed E-state index contributed by atoms with van der Waals surface area (Å²) in [5, 5.41) is 5.91. The fourth-order valence-electron chi connectivity index (χ4n) is 2.16. The molecule has 3 heteroatoms. The van der Waals surface area contributed by atoms with E-state index in [1.54, 1.807) is 7.11 Å². The van der Waals surface area contributed by atoms with Crippen molar-refractivity contribution >= 4 is 10.8 Å². The van der Waals surface area contributed by atoms with Crippen molar-refractivity contribution in [1.82, 2.24) is 5.32 Å². The van der Waals surface area contributed by atoms with Gasteiger partial charge in [0.05, 0.1) is 13.7 Å². The van der Waals surface area contributed by atoms with Crippen LogP contribution in [0.2, 0.25) is 0 Å². The smallest absolute Gasteiger partial charge is 0.119 e. The van der Waals surface area contributed by atoms with Crippen molar-refractivity contribution in [2.24, 2.45) is 0 Å². The predicted molar refractivity (Wildman–Crippen MR) is 83.3 cm³/mol. The number of rotatable bonds is 7. The Morgan fingerprint density at radius 1 is 1.10 bits per heavy atom. The lowest BCUT2D eigenvalue weighted by molar-refractivity contribution is 0.127. The zero-order valence-corrected chi connectivity index (χ0v) is 12.5. The number of hydrogen-bond acceptors (Lipinski definition) is 3. The minimum absolute atomic E-state index is 0.363. The van der Waals surface area contributed by atoms with Crippen molar-refractivity contribution in [3.8, 4) is 5.75 Å². The van der Waals surface area contributed by atoms with Gasteiger partial charge in [-0.25, -0.2) is 0 Å². The molecule has 0 radical (unpaired) electrons. The van der Waals surface area contributed by atoms with Crippen LogP contribution in [0, 0.1) is 0 Å². The summed E-state index contributed by atoms with van der Waals surface area (Å²) in [6.45, 7) is 6.53. The largest absolute Gasteiger partial charge is 0.497 e. The minimum atomic E-state index is 0.363. The first-order chi connectivity index (χ1) is 9.72. The van der Waals surface area contributed by atoms with E-state index in [9.17, 15) is 0 Å². The van der Waals surface area contributed by atoms with E-state index in [1.807, 2.05) is 13.0 Å². The van der Waals surface area contributed by atoms with Crippen LogP contribution in [-0.4, -0.2) is 26.4 Å². The molecular weight excluding hydrogens is 250 g/mol. The SMILES string of the molecule is CCOCC(C)NCc1ccc2cc(OC)ccc2c1. The first kappa shape index (κ1) is 14.8. The number of benzene rings is 2. The molecule has 1 N–H and O–H groups in total. The average molecular weight is 273 g/mol. The van der Waals surface area contributed by atoms with Crippen LogP contribution < -0.4 is 10.1 Å². The molecule has 2 aromatic rings. The van der Waals surface area contributed by atoms with Gasteiger partial charge >= 0.3 is 0 Å². The molecule has 2 aromatic carbocycles. The Kier molecular flexibility index (Phi) is 5.39. The van der Waals surface area contributed by atoms with Crippen LogP contribution in [0.15, 0.2) is 36.4 Å². The highest BCUT2D eigenvalue weighted by atomic mass is 16.5. The Morgan fingerprint density at radius 2 is 1.85 bits per heavy atom. The lowest BCUT2D eigenvalue weighted by Crippen LogP contribution is -2.30. The lowest BCUT2D eigenvalue weighted by atomic mass is 10.1. The maximum atomic E-state index is 5.40. The summed E-state index contributed by atoms with van der Waals surface area (Å²) in [6, 6.07) is 13.0. The Hall–Kier alpha value is -1.58. The molecule has 1 unspecified atom stereocenters. The zero-order valence-electron chi connectivity index (χ0n) is 12.5. The number of ether oxygens (including phenoxy) is 2. The molecule has 0 fully saturated rings.